The number of hydrogen-bond donors (Lipinski definition) is 2. The molecule has 1 amide bonds. The number of benzene rings is 3. The summed E-state index contributed by atoms with van der Waals surface area (Å²) in [6.07, 6.45) is 4.64. The molecule has 3 aromatic carbocycles. The third-order valence-corrected chi connectivity index (χ3v) is 8.69. The first kappa shape index (κ1) is 23.6. The second-order valence-corrected chi connectivity index (χ2v) is 12.0. The lowest BCUT2D eigenvalue weighted by molar-refractivity contribution is 0.0950. The van der Waals surface area contributed by atoms with E-state index in [-0.39, 0.29) is 23.2 Å². The monoisotopic (exact) mass is 501 g/mol. The normalized spacial score (nSPS) is 12.7. The fourth-order valence-corrected chi connectivity index (χ4v) is 6.12. The number of fused-ring (bicyclic) bond motifs is 1. The number of halogens is 1. The number of nitrogens with one attached hydrogen (secondary N) is 1. The Morgan fingerprint density at radius 2 is 1.67 bits per heavy atom. The van der Waals surface area contributed by atoms with Crippen LogP contribution in [0.5, 0.6) is 0 Å². The van der Waals surface area contributed by atoms with Gasteiger partial charge >= 0.3 is 0 Å². The van der Waals surface area contributed by atoms with Crippen LogP contribution in [-0.2, 0) is 16.1 Å². The van der Waals surface area contributed by atoms with Crippen molar-refractivity contribution in [3.63, 3.8) is 0 Å². The zero-order valence-electron chi connectivity index (χ0n) is 19.5. The van der Waals surface area contributed by atoms with Gasteiger partial charge < -0.3 is 5.32 Å². The Morgan fingerprint density at radius 1 is 0.972 bits per heavy atom. The molecule has 0 aliphatic rings. The van der Waals surface area contributed by atoms with Crippen LogP contribution in [0.1, 0.15) is 15.9 Å². The number of carbonyl (C=O) groups is 1. The quantitative estimate of drug-likeness (QED) is 0.321. The number of amides is 1. The molecule has 2 N–H and O–H groups in total. The lowest BCUT2D eigenvalue weighted by Crippen LogP contribution is -2.38. The molecule has 36 heavy (non-hydrogen) atoms. The van der Waals surface area contributed by atoms with Crippen molar-refractivity contribution in [1.29, 1.82) is 0 Å². The van der Waals surface area contributed by atoms with Crippen molar-refractivity contribution in [2.24, 2.45) is 0 Å². The maximum Gasteiger partial charge on any atom is 0.251 e. The van der Waals surface area contributed by atoms with Crippen LogP contribution < -0.4 is 5.32 Å². The van der Waals surface area contributed by atoms with Gasteiger partial charge in [-0.3, -0.25) is 14.3 Å². The van der Waals surface area contributed by atoms with Crippen molar-refractivity contribution in [2.45, 2.75) is 11.4 Å². The highest BCUT2D eigenvalue weighted by atomic mass is 32.3. The molecule has 6 nitrogen and oxygen atoms in total. The lowest BCUT2D eigenvalue weighted by Gasteiger charge is -2.41. The first-order valence-electron chi connectivity index (χ1n) is 11.3. The van der Waals surface area contributed by atoms with Gasteiger partial charge in [-0.05, 0) is 60.2 Å². The van der Waals surface area contributed by atoms with Crippen LogP contribution in [0, 0.1) is 5.82 Å². The van der Waals surface area contributed by atoms with Gasteiger partial charge in [-0.1, -0.05) is 45.9 Å². The van der Waals surface area contributed by atoms with Gasteiger partial charge in [0.2, 0.25) is 0 Å². The van der Waals surface area contributed by atoms with E-state index in [1.54, 1.807) is 30.6 Å². The molecule has 0 bridgehead atoms. The van der Waals surface area contributed by atoms with Gasteiger partial charge in [0.25, 0.3) is 5.91 Å². The molecule has 0 saturated carbocycles. The van der Waals surface area contributed by atoms with Crippen molar-refractivity contribution in [3.05, 3.63) is 120 Å². The first-order valence-corrected chi connectivity index (χ1v) is 13.5. The number of para-hydroxylation sites is 1. The lowest BCUT2D eigenvalue weighted by atomic mass is 10.1. The van der Waals surface area contributed by atoms with E-state index in [2.05, 4.69) is 10.3 Å². The molecule has 2 heterocycles. The molecular weight excluding hydrogens is 477 g/mol. The Balaban J connectivity index is 1.46. The summed E-state index contributed by atoms with van der Waals surface area (Å²) in [6, 6.07) is 24.8. The van der Waals surface area contributed by atoms with E-state index in [1.807, 2.05) is 36.4 Å². The van der Waals surface area contributed by atoms with Gasteiger partial charge in [-0.15, -0.1) is 0 Å². The largest absolute Gasteiger partial charge is 0.348 e. The Hall–Kier alpha value is -4.14. The molecule has 5 rings (SSSR count). The molecule has 0 fully saturated rings. The number of nitrogens with zero attached hydrogens (tertiary/aromatic N) is 2. The third kappa shape index (κ3) is 4.32. The summed E-state index contributed by atoms with van der Waals surface area (Å²) in [5, 5.41) is 3.58. The minimum atomic E-state index is -4.59. The van der Waals surface area contributed by atoms with Crippen molar-refractivity contribution < 1.29 is 17.9 Å². The minimum Gasteiger partial charge on any atom is -0.348 e. The fraction of sp³-hybridized carbons (Fsp3) is 0.0714. The average molecular weight is 502 g/mol. The van der Waals surface area contributed by atoms with Crippen LogP contribution in [0.3, 0.4) is 0 Å². The maximum absolute atomic E-state index is 14.2. The smallest absolute Gasteiger partial charge is 0.251 e. The van der Waals surface area contributed by atoms with Crippen LogP contribution >= 0.6 is 0 Å². The van der Waals surface area contributed by atoms with Gasteiger partial charge in [-0.25, -0.2) is 8.36 Å². The molecule has 5 aromatic rings. The minimum absolute atomic E-state index is 0.176. The molecule has 0 saturated heterocycles. The summed E-state index contributed by atoms with van der Waals surface area (Å²) >= 11 is 0. The maximum atomic E-state index is 14.2. The van der Waals surface area contributed by atoms with E-state index < -0.39 is 9.53 Å². The number of rotatable bonds is 6. The summed E-state index contributed by atoms with van der Waals surface area (Å²) in [7, 11) is -4.59. The molecule has 0 aliphatic carbocycles. The average Bonchev–Trinajstić information content (AvgIpc) is 3.30. The highest BCUT2D eigenvalue weighted by Gasteiger charge is 2.29. The van der Waals surface area contributed by atoms with E-state index in [4.69, 9.17) is 0 Å². The Kier molecular flexibility index (Phi) is 5.78. The van der Waals surface area contributed by atoms with Crippen molar-refractivity contribution in [2.75, 3.05) is 6.26 Å². The van der Waals surface area contributed by atoms with Crippen LogP contribution in [0.15, 0.2) is 108 Å². The molecule has 182 valence electrons. The topological polar surface area (TPSA) is 84.2 Å². The second-order valence-electron chi connectivity index (χ2n) is 8.67. The van der Waals surface area contributed by atoms with Crippen LogP contribution in [-0.4, -0.2) is 29.9 Å². The molecule has 0 atom stereocenters. The Morgan fingerprint density at radius 3 is 2.36 bits per heavy atom. The SMILES string of the molecule is CS(=O)(O)(c1ccc(C(=O)NCc2ccc(F)cc2)cc1)n1cc(-c2ccccn2)c2ccccc21. The Labute approximate surface area is 207 Å². The van der Waals surface area contributed by atoms with Gasteiger partial charge in [-0.2, -0.15) is 4.21 Å². The van der Waals surface area contributed by atoms with Gasteiger partial charge in [0, 0.05) is 41.7 Å². The van der Waals surface area contributed by atoms with Crippen molar-refractivity contribution in [1.82, 2.24) is 14.3 Å². The fourth-order valence-electron chi connectivity index (χ4n) is 4.15. The molecule has 0 radical (unpaired) electrons. The molecule has 2 aromatic heterocycles. The molecule has 0 spiro atoms. The van der Waals surface area contributed by atoms with E-state index in [0.717, 1.165) is 16.5 Å². The zero-order valence-corrected chi connectivity index (χ0v) is 20.3. The highest BCUT2D eigenvalue weighted by molar-refractivity contribution is 8.13. The number of hydrogen-bond acceptors (Lipinski definition) is 3. The van der Waals surface area contributed by atoms with E-state index >= 15 is 0 Å². The van der Waals surface area contributed by atoms with E-state index in [9.17, 15) is 17.9 Å². The van der Waals surface area contributed by atoms with Crippen molar-refractivity contribution in [3.8, 4) is 11.3 Å². The van der Waals surface area contributed by atoms with Crippen LogP contribution in [0.25, 0.3) is 22.2 Å². The second kappa shape index (κ2) is 8.82. The standard InChI is InChI=1S/C28H24FN3O3S/c1-36(34,35,32-19-25(26-7-4-5-17-30-26)24-6-2-3-8-27(24)32)23-15-11-21(12-16-23)28(33)31-18-20-9-13-22(29)14-10-20/h2-17,19H,18H2,1H3,(H,31,33)(H,34,35). The molecule has 8 heteroatoms. The summed E-state index contributed by atoms with van der Waals surface area (Å²) in [4.78, 5) is 17.2. The summed E-state index contributed by atoms with van der Waals surface area (Å²) in [5.74, 6) is -0.683. The number of carbonyl (C=O) groups excluding carboxylic acids is 1. The zero-order chi connectivity index (χ0) is 25.4. The highest BCUT2D eigenvalue weighted by Crippen LogP contribution is 2.39. The van der Waals surface area contributed by atoms with Crippen LogP contribution in [0.2, 0.25) is 0 Å². The summed E-state index contributed by atoms with van der Waals surface area (Å²) in [6.45, 7) is 0.236. The number of aromatic nitrogens is 2. The van der Waals surface area contributed by atoms with Crippen LogP contribution in [0.4, 0.5) is 4.39 Å². The first-order chi connectivity index (χ1) is 17.2. The third-order valence-electron chi connectivity index (χ3n) is 6.11. The molecular formula is C28H24FN3O3S. The predicted molar refractivity (Wildman–Crippen MR) is 140 cm³/mol. The number of pyridine rings is 1. The summed E-state index contributed by atoms with van der Waals surface area (Å²) in [5.41, 5.74) is 3.15. The van der Waals surface area contributed by atoms with Crippen molar-refractivity contribution >= 4 is 26.3 Å². The van der Waals surface area contributed by atoms with Gasteiger partial charge in [0.1, 0.15) is 5.82 Å². The molecule has 0 unspecified atom stereocenters. The predicted octanol–water partition coefficient (Wildman–Crippen LogP) is 5.52. The van der Waals surface area contributed by atoms with E-state index in [0.29, 0.717) is 16.8 Å². The van der Waals surface area contributed by atoms with Gasteiger partial charge in [0.15, 0.2) is 0 Å². The van der Waals surface area contributed by atoms with Gasteiger partial charge in [0.05, 0.1) is 16.1 Å². The van der Waals surface area contributed by atoms with E-state index in [1.165, 1.54) is 46.6 Å². The molecule has 0 aliphatic heterocycles. The summed E-state index contributed by atoms with van der Waals surface area (Å²) < 4.78 is 40.4. The Bertz CT molecular complexity index is 1620.